The van der Waals surface area contributed by atoms with Gasteiger partial charge in [-0.05, 0) is 18.6 Å². The Morgan fingerprint density at radius 3 is 2.88 bits per heavy atom. The zero-order valence-corrected chi connectivity index (χ0v) is 10.3. The Labute approximate surface area is 98.9 Å². The number of imidazole rings is 1. The van der Waals surface area contributed by atoms with Gasteiger partial charge in [0, 0.05) is 12.7 Å². The molecular formula is C12H14N2OS. The fourth-order valence-corrected chi connectivity index (χ4v) is 2.50. The molecule has 3 nitrogen and oxygen atoms in total. The van der Waals surface area contributed by atoms with E-state index in [9.17, 15) is 4.79 Å². The monoisotopic (exact) mass is 234 g/mol. The molecule has 2 rings (SSSR count). The minimum atomic E-state index is 0.0207. The minimum Gasteiger partial charge on any atom is -0.274 e. The summed E-state index contributed by atoms with van der Waals surface area (Å²) in [6.45, 7) is 3.69. The van der Waals surface area contributed by atoms with Crippen LogP contribution in [0.3, 0.4) is 0 Å². The van der Waals surface area contributed by atoms with Crippen LogP contribution in [0.15, 0.2) is 29.4 Å². The molecule has 16 heavy (non-hydrogen) atoms. The van der Waals surface area contributed by atoms with E-state index >= 15 is 0 Å². The maximum atomic E-state index is 11.6. The number of nitrogens with zero attached hydrogens (tertiary/aromatic N) is 2. The topological polar surface area (TPSA) is 34.9 Å². The van der Waals surface area contributed by atoms with Crippen LogP contribution in [0.4, 0.5) is 0 Å². The van der Waals surface area contributed by atoms with Gasteiger partial charge in [0.25, 0.3) is 0 Å². The van der Waals surface area contributed by atoms with E-state index in [2.05, 4.69) is 11.9 Å². The van der Waals surface area contributed by atoms with E-state index in [1.807, 2.05) is 24.3 Å². The molecule has 0 aliphatic rings. The summed E-state index contributed by atoms with van der Waals surface area (Å²) in [5, 5.41) is 0.801. The standard InChI is InChI=1S/C12H14N2OS/c1-3-8-16-12-13-10-6-4-5-7-11(10)14(12)9(2)15/h4-7H,3,8H2,1-2H3. The smallest absolute Gasteiger partial charge is 0.230 e. The van der Waals surface area contributed by atoms with E-state index in [0.717, 1.165) is 28.4 Å². The van der Waals surface area contributed by atoms with Crippen molar-refractivity contribution < 1.29 is 4.79 Å². The van der Waals surface area contributed by atoms with E-state index in [0.29, 0.717) is 0 Å². The third-order valence-electron chi connectivity index (χ3n) is 2.28. The van der Waals surface area contributed by atoms with Crippen LogP contribution < -0.4 is 0 Å². The molecular weight excluding hydrogens is 220 g/mol. The van der Waals surface area contributed by atoms with Crippen LogP contribution in [0.5, 0.6) is 0 Å². The molecule has 0 aliphatic heterocycles. The number of hydrogen-bond acceptors (Lipinski definition) is 3. The number of aromatic nitrogens is 2. The molecule has 0 fully saturated rings. The molecule has 0 spiro atoms. The van der Waals surface area contributed by atoms with E-state index in [-0.39, 0.29) is 5.91 Å². The Morgan fingerprint density at radius 2 is 2.19 bits per heavy atom. The van der Waals surface area contributed by atoms with E-state index in [1.54, 1.807) is 23.3 Å². The van der Waals surface area contributed by atoms with Gasteiger partial charge < -0.3 is 0 Å². The molecule has 0 amide bonds. The second-order valence-electron chi connectivity index (χ2n) is 3.59. The van der Waals surface area contributed by atoms with Crippen molar-refractivity contribution in [2.24, 2.45) is 0 Å². The second kappa shape index (κ2) is 4.70. The van der Waals surface area contributed by atoms with Crippen molar-refractivity contribution in [3.63, 3.8) is 0 Å². The predicted molar refractivity (Wildman–Crippen MR) is 67.0 cm³/mol. The first-order valence-electron chi connectivity index (χ1n) is 5.35. The molecule has 1 aromatic heterocycles. The van der Waals surface area contributed by atoms with E-state index in [1.165, 1.54) is 0 Å². The number of para-hydroxylation sites is 2. The van der Waals surface area contributed by atoms with Crippen molar-refractivity contribution in [2.75, 3.05) is 5.75 Å². The van der Waals surface area contributed by atoms with Crippen LogP contribution in [-0.4, -0.2) is 21.2 Å². The first kappa shape index (κ1) is 11.2. The lowest BCUT2D eigenvalue weighted by Gasteiger charge is -2.02. The van der Waals surface area contributed by atoms with Crippen LogP contribution in [0.1, 0.15) is 25.1 Å². The first-order chi connectivity index (χ1) is 7.74. The minimum absolute atomic E-state index is 0.0207. The zero-order chi connectivity index (χ0) is 11.5. The maximum Gasteiger partial charge on any atom is 0.230 e. The van der Waals surface area contributed by atoms with Gasteiger partial charge >= 0.3 is 0 Å². The highest BCUT2D eigenvalue weighted by Crippen LogP contribution is 2.24. The molecule has 0 atom stereocenters. The molecule has 0 aliphatic carbocycles. The predicted octanol–water partition coefficient (Wildman–Crippen LogP) is 3.20. The van der Waals surface area contributed by atoms with E-state index < -0.39 is 0 Å². The Balaban J connectivity index is 2.54. The number of rotatable bonds is 3. The highest BCUT2D eigenvalue weighted by atomic mass is 32.2. The van der Waals surface area contributed by atoms with Crippen LogP contribution in [0, 0.1) is 0 Å². The molecule has 0 unspecified atom stereocenters. The highest BCUT2D eigenvalue weighted by molar-refractivity contribution is 7.99. The molecule has 0 radical (unpaired) electrons. The summed E-state index contributed by atoms with van der Waals surface area (Å²) in [7, 11) is 0. The van der Waals surface area contributed by atoms with E-state index in [4.69, 9.17) is 0 Å². The summed E-state index contributed by atoms with van der Waals surface area (Å²) in [6.07, 6.45) is 1.08. The molecule has 2 aromatic rings. The van der Waals surface area contributed by atoms with Crippen LogP contribution in [-0.2, 0) is 0 Å². The fraction of sp³-hybridized carbons (Fsp3) is 0.333. The van der Waals surface area contributed by atoms with Gasteiger partial charge in [-0.2, -0.15) is 0 Å². The first-order valence-corrected chi connectivity index (χ1v) is 6.34. The molecule has 1 aromatic carbocycles. The number of benzene rings is 1. The van der Waals surface area contributed by atoms with Gasteiger partial charge in [-0.25, -0.2) is 4.98 Å². The summed E-state index contributed by atoms with van der Waals surface area (Å²) >= 11 is 1.63. The van der Waals surface area contributed by atoms with Crippen LogP contribution >= 0.6 is 11.8 Å². The highest BCUT2D eigenvalue weighted by Gasteiger charge is 2.13. The summed E-state index contributed by atoms with van der Waals surface area (Å²) < 4.78 is 1.69. The van der Waals surface area contributed by atoms with Gasteiger partial charge in [-0.3, -0.25) is 9.36 Å². The van der Waals surface area contributed by atoms with Gasteiger partial charge in [-0.15, -0.1) is 0 Å². The Morgan fingerprint density at radius 1 is 1.44 bits per heavy atom. The molecule has 0 bridgehead atoms. The third-order valence-corrected chi connectivity index (χ3v) is 3.42. The van der Waals surface area contributed by atoms with Crippen molar-refractivity contribution >= 4 is 28.7 Å². The van der Waals surface area contributed by atoms with Crippen LogP contribution in [0.25, 0.3) is 11.0 Å². The average Bonchev–Trinajstić information content (AvgIpc) is 2.64. The van der Waals surface area contributed by atoms with Gasteiger partial charge in [0.05, 0.1) is 11.0 Å². The normalized spacial score (nSPS) is 10.9. The van der Waals surface area contributed by atoms with Crippen molar-refractivity contribution in [2.45, 2.75) is 25.4 Å². The number of thioether (sulfide) groups is 1. The lowest BCUT2D eigenvalue weighted by molar-refractivity contribution is 0.0931. The largest absolute Gasteiger partial charge is 0.274 e. The number of hydrogen-bond donors (Lipinski definition) is 0. The molecule has 84 valence electrons. The van der Waals surface area contributed by atoms with Crippen molar-refractivity contribution in [1.29, 1.82) is 0 Å². The summed E-state index contributed by atoms with van der Waals surface area (Å²) in [5.74, 6) is 1.00. The second-order valence-corrected chi connectivity index (χ2v) is 4.65. The van der Waals surface area contributed by atoms with Gasteiger partial charge in [0.1, 0.15) is 0 Å². The summed E-state index contributed by atoms with van der Waals surface area (Å²) in [5.41, 5.74) is 1.78. The van der Waals surface area contributed by atoms with Gasteiger partial charge in [-0.1, -0.05) is 30.8 Å². The number of fused-ring (bicyclic) bond motifs is 1. The Bertz CT molecular complexity index is 519. The fourth-order valence-electron chi connectivity index (χ4n) is 1.60. The third kappa shape index (κ3) is 1.97. The molecule has 0 N–H and O–H groups in total. The Kier molecular flexibility index (Phi) is 3.29. The van der Waals surface area contributed by atoms with Crippen molar-refractivity contribution in [3.05, 3.63) is 24.3 Å². The molecule has 1 heterocycles. The van der Waals surface area contributed by atoms with Crippen molar-refractivity contribution in [3.8, 4) is 0 Å². The lowest BCUT2D eigenvalue weighted by atomic mass is 10.3. The summed E-state index contributed by atoms with van der Waals surface area (Å²) in [6, 6.07) is 7.73. The zero-order valence-electron chi connectivity index (χ0n) is 9.43. The maximum absolute atomic E-state index is 11.6. The Hall–Kier alpha value is -1.29. The summed E-state index contributed by atoms with van der Waals surface area (Å²) in [4.78, 5) is 16.1. The molecule has 0 saturated heterocycles. The molecule has 0 saturated carbocycles. The SMILES string of the molecule is CCCSc1nc2ccccc2n1C(C)=O. The van der Waals surface area contributed by atoms with Crippen molar-refractivity contribution in [1.82, 2.24) is 9.55 Å². The average molecular weight is 234 g/mol. The van der Waals surface area contributed by atoms with Gasteiger partial charge in [0.15, 0.2) is 5.16 Å². The lowest BCUT2D eigenvalue weighted by Crippen LogP contribution is -2.06. The van der Waals surface area contributed by atoms with Crippen LogP contribution in [0.2, 0.25) is 0 Å². The number of carbonyl (C=O) groups excluding carboxylic acids is 1. The number of carbonyl (C=O) groups is 1. The quantitative estimate of drug-likeness (QED) is 0.765. The molecule has 4 heteroatoms. The van der Waals surface area contributed by atoms with Gasteiger partial charge in [0.2, 0.25) is 5.91 Å².